The smallest absolute Gasteiger partial charge is 0.398 e. The van der Waals surface area contributed by atoms with Crippen molar-refractivity contribution in [3.63, 3.8) is 0 Å². The molecule has 0 spiro atoms. The minimum Gasteiger partial charge on any atom is -0.398 e. The number of alkyl halides is 3. The molecule has 24 heavy (non-hydrogen) atoms. The standard InChI is InChI=1S/C15H17F3N2O4/c1-4-11(19-5-2)9(3)14(21)10-6-7-13(24-15(16,17)18)12(8-10)20(22)23/h6-8,19H,4-5H2,1-3H3/b11-9-. The van der Waals surface area contributed by atoms with Crippen molar-refractivity contribution in [3.8, 4) is 5.75 Å². The fourth-order valence-electron chi connectivity index (χ4n) is 2.10. The topological polar surface area (TPSA) is 81.5 Å². The van der Waals surface area contributed by atoms with E-state index >= 15 is 0 Å². The van der Waals surface area contributed by atoms with Crippen LogP contribution in [0.4, 0.5) is 18.9 Å². The minimum absolute atomic E-state index is 0.0856. The van der Waals surface area contributed by atoms with Crippen molar-refractivity contribution < 1.29 is 27.6 Å². The zero-order valence-electron chi connectivity index (χ0n) is 13.4. The maximum absolute atomic E-state index is 12.4. The van der Waals surface area contributed by atoms with Gasteiger partial charge in [-0.3, -0.25) is 14.9 Å². The summed E-state index contributed by atoms with van der Waals surface area (Å²) in [6.45, 7) is 5.82. The van der Waals surface area contributed by atoms with Crippen LogP contribution in [0.2, 0.25) is 0 Å². The highest BCUT2D eigenvalue weighted by Crippen LogP contribution is 2.33. The molecule has 0 aromatic heterocycles. The van der Waals surface area contributed by atoms with E-state index in [1.54, 1.807) is 6.92 Å². The van der Waals surface area contributed by atoms with Gasteiger partial charge in [-0.25, -0.2) is 0 Å². The molecule has 0 saturated heterocycles. The molecule has 0 atom stereocenters. The van der Waals surface area contributed by atoms with Gasteiger partial charge in [0.15, 0.2) is 5.78 Å². The van der Waals surface area contributed by atoms with Gasteiger partial charge in [-0.15, -0.1) is 13.2 Å². The molecule has 0 unspecified atom stereocenters. The van der Waals surface area contributed by atoms with Crippen molar-refractivity contribution in [2.45, 2.75) is 33.6 Å². The Kier molecular flexibility index (Phi) is 6.33. The number of Topliss-reactive ketones (excluding diaryl/α,β-unsaturated/α-hetero) is 1. The number of benzene rings is 1. The normalized spacial score (nSPS) is 12.4. The first-order chi connectivity index (χ1) is 11.1. The largest absolute Gasteiger partial charge is 0.573 e. The summed E-state index contributed by atoms with van der Waals surface area (Å²) < 4.78 is 40.5. The molecule has 1 aromatic carbocycles. The lowest BCUT2D eigenvalue weighted by Crippen LogP contribution is -2.18. The SMILES string of the molecule is CCN/C(CC)=C(/C)C(=O)c1ccc(OC(F)(F)F)c([N+](=O)[O-])c1. The van der Waals surface area contributed by atoms with Gasteiger partial charge in [0.1, 0.15) is 0 Å². The minimum atomic E-state index is -5.06. The molecule has 1 aromatic rings. The van der Waals surface area contributed by atoms with Crippen molar-refractivity contribution in [1.29, 1.82) is 0 Å². The van der Waals surface area contributed by atoms with E-state index in [4.69, 9.17) is 0 Å². The molecule has 0 aliphatic rings. The van der Waals surface area contributed by atoms with Crippen LogP contribution in [0.1, 0.15) is 37.6 Å². The molecular weight excluding hydrogens is 329 g/mol. The van der Waals surface area contributed by atoms with Crippen LogP contribution in [0, 0.1) is 10.1 Å². The van der Waals surface area contributed by atoms with Gasteiger partial charge in [0.2, 0.25) is 5.75 Å². The number of nitro groups is 1. The van der Waals surface area contributed by atoms with Crippen LogP contribution in [0.5, 0.6) is 5.75 Å². The van der Waals surface area contributed by atoms with Gasteiger partial charge >= 0.3 is 12.0 Å². The lowest BCUT2D eigenvalue weighted by molar-refractivity contribution is -0.388. The Morgan fingerprint density at radius 3 is 2.42 bits per heavy atom. The third kappa shape index (κ3) is 4.97. The van der Waals surface area contributed by atoms with Gasteiger partial charge in [-0.1, -0.05) is 6.92 Å². The van der Waals surface area contributed by atoms with Crippen molar-refractivity contribution in [3.05, 3.63) is 45.1 Å². The monoisotopic (exact) mass is 346 g/mol. The number of hydrogen-bond acceptors (Lipinski definition) is 5. The molecular formula is C15H17F3N2O4. The van der Waals surface area contributed by atoms with E-state index in [2.05, 4.69) is 10.1 Å². The van der Waals surface area contributed by atoms with Crippen molar-refractivity contribution in [1.82, 2.24) is 5.32 Å². The second-order valence-corrected chi connectivity index (χ2v) is 4.80. The summed E-state index contributed by atoms with van der Waals surface area (Å²) in [4.78, 5) is 22.3. The highest BCUT2D eigenvalue weighted by molar-refractivity contribution is 6.09. The van der Waals surface area contributed by atoms with Crippen molar-refractivity contribution in [2.75, 3.05) is 6.54 Å². The van der Waals surface area contributed by atoms with Gasteiger partial charge in [0.25, 0.3) is 0 Å². The average molecular weight is 346 g/mol. The molecule has 1 N–H and O–H groups in total. The van der Waals surface area contributed by atoms with Crippen LogP contribution in [0.15, 0.2) is 29.5 Å². The number of ketones is 1. The molecule has 0 saturated carbocycles. The van der Waals surface area contributed by atoms with E-state index in [1.165, 1.54) is 0 Å². The molecule has 1 rings (SSSR count). The van der Waals surface area contributed by atoms with Crippen LogP contribution < -0.4 is 10.1 Å². The average Bonchev–Trinajstić information content (AvgIpc) is 2.49. The number of ether oxygens (including phenoxy) is 1. The first-order valence-corrected chi connectivity index (χ1v) is 7.13. The predicted molar refractivity (Wildman–Crippen MR) is 80.8 cm³/mol. The molecule has 0 heterocycles. The molecule has 132 valence electrons. The summed E-state index contributed by atoms with van der Waals surface area (Å²) >= 11 is 0. The van der Waals surface area contributed by atoms with E-state index in [-0.39, 0.29) is 5.56 Å². The number of rotatable bonds is 7. The Labute approximate surface area is 136 Å². The Morgan fingerprint density at radius 1 is 1.33 bits per heavy atom. The zero-order chi connectivity index (χ0) is 18.5. The van der Waals surface area contributed by atoms with Crippen LogP contribution in [-0.2, 0) is 0 Å². The number of nitrogens with zero attached hydrogens (tertiary/aromatic N) is 1. The number of nitrogens with one attached hydrogen (secondary N) is 1. The first kappa shape index (κ1) is 19.5. The van der Waals surface area contributed by atoms with E-state index in [1.807, 2.05) is 13.8 Å². The number of carbonyl (C=O) groups is 1. The number of nitro benzene ring substituents is 1. The van der Waals surface area contributed by atoms with Gasteiger partial charge in [-0.2, -0.15) is 0 Å². The van der Waals surface area contributed by atoms with Crippen molar-refractivity contribution >= 4 is 11.5 Å². The van der Waals surface area contributed by atoms with Gasteiger partial charge in [0.05, 0.1) is 4.92 Å². The molecule has 0 amide bonds. The third-order valence-electron chi connectivity index (χ3n) is 3.18. The second-order valence-electron chi connectivity index (χ2n) is 4.80. The van der Waals surface area contributed by atoms with Crippen LogP contribution in [0.3, 0.4) is 0 Å². The first-order valence-electron chi connectivity index (χ1n) is 7.13. The Morgan fingerprint density at radius 2 is 1.96 bits per heavy atom. The van der Waals surface area contributed by atoms with E-state index in [9.17, 15) is 28.1 Å². The zero-order valence-corrected chi connectivity index (χ0v) is 13.4. The summed E-state index contributed by atoms with van der Waals surface area (Å²) in [7, 11) is 0. The number of allylic oxidation sites excluding steroid dienone is 2. The maximum atomic E-state index is 12.4. The molecule has 6 nitrogen and oxygen atoms in total. The lowest BCUT2D eigenvalue weighted by Gasteiger charge is -2.12. The Hall–Kier alpha value is -2.58. The van der Waals surface area contributed by atoms with E-state index in [0.717, 1.165) is 18.2 Å². The fourth-order valence-corrected chi connectivity index (χ4v) is 2.10. The molecule has 0 radical (unpaired) electrons. The number of carbonyl (C=O) groups excluding carboxylic acids is 1. The summed E-state index contributed by atoms with van der Waals surface area (Å²) in [6.07, 6.45) is -4.52. The molecule has 0 aliphatic heterocycles. The van der Waals surface area contributed by atoms with Crippen LogP contribution >= 0.6 is 0 Å². The Bertz CT molecular complexity index is 669. The Balaban J connectivity index is 3.29. The fraction of sp³-hybridized carbons (Fsp3) is 0.400. The molecule has 0 aliphatic carbocycles. The molecule has 0 fully saturated rings. The van der Waals surface area contributed by atoms with Gasteiger partial charge in [0, 0.05) is 29.4 Å². The predicted octanol–water partition coefficient (Wildman–Crippen LogP) is 3.97. The van der Waals surface area contributed by atoms with E-state index in [0.29, 0.717) is 24.2 Å². The van der Waals surface area contributed by atoms with Crippen LogP contribution in [0.25, 0.3) is 0 Å². The van der Waals surface area contributed by atoms with Gasteiger partial charge in [-0.05, 0) is 32.4 Å². The second kappa shape index (κ2) is 7.80. The molecule has 0 bridgehead atoms. The van der Waals surface area contributed by atoms with Crippen LogP contribution in [-0.4, -0.2) is 23.6 Å². The van der Waals surface area contributed by atoms with E-state index < -0.39 is 28.5 Å². The third-order valence-corrected chi connectivity index (χ3v) is 3.18. The highest BCUT2D eigenvalue weighted by atomic mass is 19.4. The quantitative estimate of drug-likeness (QED) is 0.350. The number of halogens is 3. The summed E-state index contributed by atoms with van der Waals surface area (Å²) in [5, 5.41) is 14.0. The molecule has 9 heteroatoms. The summed E-state index contributed by atoms with van der Waals surface area (Å²) in [6, 6.07) is 2.62. The lowest BCUT2D eigenvalue weighted by atomic mass is 10.0. The highest BCUT2D eigenvalue weighted by Gasteiger charge is 2.34. The van der Waals surface area contributed by atoms with Gasteiger partial charge < -0.3 is 10.1 Å². The summed E-state index contributed by atoms with van der Waals surface area (Å²) in [5.41, 5.74) is 0.00367. The maximum Gasteiger partial charge on any atom is 0.573 e. The van der Waals surface area contributed by atoms with Crippen molar-refractivity contribution in [2.24, 2.45) is 0 Å². The number of hydrogen-bond donors (Lipinski definition) is 1. The summed E-state index contributed by atoms with van der Waals surface area (Å²) in [5.74, 6) is -1.47.